The fourth-order valence-corrected chi connectivity index (χ4v) is 1.14. The fourth-order valence-electron chi connectivity index (χ4n) is 1.14. The summed E-state index contributed by atoms with van der Waals surface area (Å²) in [7, 11) is 1.40. The van der Waals surface area contributed by atoms with E-state index >= 15 is 0 Å². The highest BCUT2D eigenvalue weighted by atomic mass is 16.7. The molecule has 4 nitrogen and oxygen atoms in total. The van der Waals surface area contributed by atoms with Crippen LogP contribution in [-0.4, -0.2) is 19.3 Å². The Balaban J connectivity index is 3.03. The van der Waals surface area contributed by atoms with Crippen LogP contribution < -0.4 is 5.06 Å². The molecule has 0 unspecified atom stereocenters. The molecule has 0 aromatic heterocycles. The van der Waals surface area contributed by atoms with E-state index in [0.29, 0.717) is 11.3 Å². The normalized spacial score (nSPS) is 9.57. The monoisotopic (exact) mass is 193 g/mol. The number of carbonyl (C=O) groups excluding carboxylic acids is 2. The summed E-state index contributed by atoms with van der Waals surface area (Å²) in [6.45, 7) is 1.39. The number of benzene rings is 1. The van der Waals surface area contributed by atoms with Crippen LogP contribution in [0.3, 0.4) is 0 Å². The molecule has 0 aliphatic carbocycles. The molecule has 0 saturated carbocycles. The Labute approximate surface area is 82.0 Å². The van der Waals surface area contributed by atoms with Gasteiger partial charge in [0.15, 0.2) is 0 Å². The second-order valence-electron chi connectivity index (χ2n) is 2.71. The van der Waals surface area contributed by atoms with Gasteiger partial charge in [-0.25, -0.2) is 0 Å². The molecular formula is C10H11NO3. The quantitative estimate of drug-likeness (QED) is 0.538. The second-order valence-corrected chi connectivity index (χ2v) is 2.71. The van der Waals surface area contributed by atoms with E-state index in [2.05, 4.69) is 0 Å². The average molecular weight is 193 g/mol. The van der Waals surface area contributed by atoms with Crippen molar-refractivity contribution in [3.8, 4) is 0 Å². The number of hydrogen-bond donors (Lipinski definition) is 0. The number of aldehydes is 1. The standard InChI is InChI=1S/C10H11NO3/c1-8(13)11(14-2)10-5-3-4-9(6-10)7-12/h3-7H,1-2H3. The van der Waals surface area contributed by atoms with E-state index in [1.807, 2.05) is 0 Å². The van der Waals surface area contributed by atoms with E-state index < -0.39 is 0 Å². The molecule has 0 aliphatic heterocycles. The molecule has 1 aromatic carbocycles. The predicted octanol–water partition coefficient (Wildman–Crippen LogP) is 1.41. The van der Waals surface area contributed by atoms with Crippen LogP contribution in [0.25, 0.3) is 0 Å². The molecule has 1 rings (SSSR count). The summed E-state index contributed by atoms with van der Waals surface area (Å²) in [5, 5.41) is 1.12. The molecule has 1 aromatic rings. The van der Waals surface area contributed by atoms with Gasteiger partial charge in [-0.1, -0.05) is 12.1 Å². The van der Waals surface area contributed by atoms with Crippen LogP contribution in [0.4, 0.5) is 5.69 Å². The van der Waals surface area contributed by atoms with E-state index in [9.17, 15) is 9.59 Å². The molecule has 74 valence electrons. The van der Waals surface area contributed by atoms with Gasteiger partial charge in [-0.05, 0) is 12.1 Å². The van der Waals surface area contributed by atoms with Crippen molar-refractivity contribution in [3.63, 3.8) is 0 Å². The van der Waals surface area contributed by atoms with Crippen molar-refractivity contribution in [2.75, 3.05) is 12.2 Å². The lowest BCUT2D eigenvalue weighted by atomic mass is 10.2. The molecule has 0 N–H and O–H groups in total. The van der Waals surface area contributed by atoms with Crippen molar-refractivity contribution in [1.82, 2.24) is 0 Å². The van der Waals surface area contributed by atoms with Gasteiger partial charge in [0.25, 0.3) is 0 Å². The first-order chi connectivity index (χ1) is 6.69. The Kier molecular flexibility index (Phi) is 3.36. The number of anilines is 1. The molecule has 1 amide bonds. The maximum absolute atomic E-state index is 11.1. The third-order valence-electron chi connectivity index (χ3n) is 1.71. The summed E-state index contributed by atoms with van der Waals surface area (Å²) in [5.74, 6) is -0.240. The number of hydrogen-bond acceptors (Lipinski definition) is 3. The predicted molar refractivity (Wildman–Crippen MR) is 52.0 cm³/mol. The minimum atomic E-state index is -0.240. The van der Waals surface area contributed by atoms with Crippen LogP contribution in [-0.2, 0) is 9.63 Å². The average Bonchev–Trinajstić information content (AvgIpc) is 2.19. The van der Waals surface area contributed by atoms with Crippen molar-refractivity contribution in [2.45, 2.75) is 6.92 Å². The molecule has 0 saturated heterocycles. The van der Waals surface area contributed by atoms with Crippen LogP contribution in [0.2, 0.25) is 0 Å². The Morgan fingerprint density at radius 2 is 2.21 bits per heavy atom. The zero-order valence-corrected chi connectivity index (χ0v) is 8.06. The van der Waals surface area contributed by atoms with E-state index in [4.69, 9.17) is 4.84 Å². The highest BCUT2D eigenvalue weighted by Crippen LogP contribution is 2.15. The number of carbonyl (C=O) groups is 2. The second kappa shape index (κ2) is 4.53. The largest absolute Gasteiger partial charge is 0.298 e. The van der Waals surface area contributed by atoms with Crippen LogP contribution >= 0.6 is 0 Å². The molecule has 0 atom stereocenters. The topological polar surface area (TPSA) is 46.6 Å². The minimum Gasteiger partial charge on any atom is -0.298 e. The SMILES string of the molecule is CON(C(C)=O)c1cccc(C=O)c1. The Bertz CT molecular complexity index is 349. The lowest BCUT2D eigenvalue weighted by Crippen LogP contribution is -2.26. The van der Waals surface area contributed by atoms with Gasteiger partial charge < -0.3 is 0 Å². The third kappa shape index (κ3) is 2.17. The summed E-state index contributed by atoms with van der Waals surface area (Å²) in [6, 6.07) is 6.62. The number of rotatable bonds is 3. The van der Waals surface area contributed by atoms with Gasteiger partial charge in [0, 0.05) is 12.5 Å². The van der Waals surface area contributed by atoms with Crippen LogP contribution in [0.15, 0.2) is 24.3 Å². The van der Waals surface area contributed by atoms with Crippen molar-refractivity contribution in [2.24, 2.45) is 0 Å². The lowest BCUT2D eigenvalue weighted by molar-refractivity contribution is -0.122. The van der Waals surface area contributed by atoms with E-state index in [-0.39, 0.29) is 5.91 Å². The van der Waals surface area contributed by atoms with Crippen molar-refractivity contribution < 1.29 is 14.4 Å². The molecule has 0 bridgehead atoms. The maximum Gasteiger partial charge on any atom is 0.247 e. The molecule has 0 radical (unpaired) electrons. The fraction of sp³-hybridized carbons (Fsp3) is 0.200. The highest BCUT2D eigenvalue weighted by molar-refractivity contribution is 5.90. The zero-order valence-electron chi connectivity index (χ0n) is 8.06. The van der Waals surface area contributed by atoms with Gasteiger partial charge in [0.2, 0.25) is 5.91 Å². The van der Waals surface area contributed by atoms with Crippen LogP contribution in [0, 0.1) is 0 Å². The smallest absolute Gasteiger partial charge is 0.247 e. The lowest BCUT2D eigenvalue weighted by Gasteiger charge is -2.17. The Hall–Kier alpha value is -1.68. The minimum absolute atomic E-state index is 0.240. The van der Waals surface area contributed by atoms with E-state index in [0.717, 1.165) is 11.3 Å². The molecule has 4 heteroatoms. The van der Waals surface area contributed by atoms with Gasteiger partial charge in [-0.2, -0.15) is 5.06 Å². The zero-order chi connectivity index (χ0) is 10.6. The third-order valence-corrected chi connectivity index (χ3v) is 1.71. The summed E-state index contributed by atoms with van der Waals surface area (Å²) < 4.78 is 0. The molecule has 0 heterocycles. The number of amides is 1. The van der Waals surface area contributed by atoms with Gasteiger partial charge in [0.1, 0.15) is 6.29 Å². The Morgan fingerprint density at radius 1 is 1.50 bits per heavy atom. The number of hydroxylamine groups is 1. The van der Waals surface area contributed by atoms with Crippen molar-refractivity contribution >= 4 is 17.9 Å². The van der Waals surface area contributed by atoms with Gasteiger partial charge in [-0.15, -0.1) is 0 Å². The van der Waals surface area contributed by atoms with Crippen LogP contribution in [0.5, 0.6) is 0 Å². The van der Waals surface area contributed by atoms with Crippen LogP contribution in [0.1, 0.15) is 17.3 Å². The summed E-state index contributed by atoms with van der Waals surface area (Å²) in [4.78, 5) is 26.4. The summed E-state index contributed by atoms with van der Waals surface area (Å²) >= 11 is 0. The molecule has 14 heavy (non-hydrogen) atoms. The van der Waals surface area contributed by atoms with Gasteiger partial charge in [0.05, 0.1) is 12.8 Å². The first-order valence-corrected chi connectivity index (χ1v) is 4.09. The first-order valence-electron chi connectivity index (χ1n) is 4.09. The summed E-state index contributed by atoms with van der Waals surface area (Å²) in [6.07, 6.45) is 0.720. The molecule has 0 aliphatic rings. The number of nitrogens with zero attached hydrogens (tertiary/aromatic N) is 1. The molecule has 0 spiro atoms. The molecular weight excluding hydrogens is 182 g/mol. The molecule has 0 fully saturated rings. The summed E-state index contributed by atoms with van der Waals surface area (Å²) in [5.41, 5.74) is 1.05. The highest BCUT2D eigenvalue weighted by Gasteiger charge is 2.10. The first kappa shape index (κ1) is 10.4. The van der Waals surface area contributed by atoms with Crippen molar-refractivity contribution in [3.05, 3.63) is 29.8 Å². The van der Waals surface area contributed by atoms with E-state index in [1.54, 1.807) is 24.3 Å². The van der Waals surface area contributed by atoms with E-state index in [1.165, 1.54) is 14.0 Å². The Morgan fingerprint density at radius 3 is 2.71 bits per heavy atom. The van der Waals surface area contributed by atoms with Crippen molar-refractivity contribution in [1.29, 1.82) is 0 Å². The maximum atomic E-state index is 11.1. The van der Waals surface area contributed by atoms with Gasteiger partial charge >= 0.3 is 0 Å². The van der Waals surface area contributed by atoms with Gasteiger partial charge in [-0.3, -0.25) is 14.4 Å².